The van der Waals surface area contributed by atoms with Crippen molar-refractivity contribution in [3.05, 3.63) is 69.6 Å². The molecule has 2 rings (SSSR count). The van der Waals surface area contributed by atoms with Gasteiger partial charge in [-0.1, -0.05) is 29.8 Å². The zero-order valence-corrected chi connectivity index (χ0v) is 13.0. The van der Waals surface area contributed by atoms with Crippen LogP contribution in [-0.4, -0.2) is 24.0 Å². The minimum absolute atomic E-state index is 0.0225. The predicted octanol–water partition coefficient (Wildman–Crippen LogP) is 1.72. The van der Waals surface area contributed by atoms with Crippen molar-refractivity contribution in [3.8, 4) is 0 Å². The Morgan fingerprint density at radius 1 is 1.17 bits per heavy atom. The molecule has 0 aliphatic carbocycles. The molecular formula is C17H18N2O4. The van der Waals surface area contributed by atoms with Crippen molar-refractivity contribution in [1.29, 1.82) is 0 Å². The number of aromatic amines is 1. The van der Waals surface area contributed by atoms with E-state index in [1.54, 1.807) is 0 Å². The Hall–Kier alpha value is -2.89. The number of amides is 1. The Bertz CT molecular complexity index is 729. The molecule has 6 nitrogen and oxygen atoms in total. The molecule has 120 valence electrons. The maximum atomic E-state index is 12.3. The number of carbonyl (C=O) groups excluding carboxylic acids is 2. The first-order chi connectivity index (χ1) is 11.0. The van der Waals surface area contributed by atoms with Crippen LogP contribution in [0.15, 0.2) is 47.4 Å². The van der Waals surface area contributed by atoms with Gasteiger partial charge >= 0.3 is 5.97 Å². The number of hydrogen-bond donors (Lipinski definition) is 2. The molecule has 1 atom stereocenters. The van der Waals surface area contributed by atoms with Gasteiger partial charge in [0.15, 0.2) is 0 Å². The lowest BCUT2D eigenvalue weighted by atomic mass is 10.0. The number of carbonyl (C=O) groups is 2. The third kappa shape index (κ3) is 4.54. The summed E-state index contributed by atoms with van der Waals surface area (Å²) in [6, 6.07) is 9.72. The molecule has 1 heterocycles. The lowest BCUT2D eigenvalue weighted by molar-refractivity contribution is -0.141. The van der Waals surface area contributed by atoms with Crippen LogP contribution in [0.1, 0.15) is 33.9 Å². The number of aromatic nitrogens is 1. The van der Waals surface area contributed by atoms with Crippen LogP contribution >= 0.6 is 0 Å². The van der Waals surface area contributed by atoms with E-state index in [1.165, 1.54) is 25.4 Å². The van der Waals surface area contributed by atoms with Crippen molar-refractivity contribution >= 4 is 11.9 Å². The smallest absolute Gasteiger partial charge is 0.307 e. The Kier molecular flexibility index (Phi) is 5.30. The van der Waals surface area contributed by atoms with Gasteiger partial charge in [0.05, 0.1) is 25.1 Å². The van der Waals surface area contributed by atoms with E-state index in [9.17, 15) is 14.4 Å². The summed E-state index contributed by atoms with van der Waals surface area (Å²) >= 11 is 0. The quantitative estimate of drug-likeness (QED) is 0.823. The van der Waals surface area contributed by atoms with E-state index in [2.05, 4.69) is 10.3 Å². The van der Waals surface area contributed by atoms with Crippen LogP contribution < -0.4 is 10.9 Å². The van der Waals surface area contributed by atoms with E-state index >= 15 is 0 Å². The minimum atomic E-state index is -0.512. The maximum Gasteiger partial charge on any atom is 0.307 e. The molecule has 0 unspecified atom stereocenters. The number of nitrogens with one attached hydrogen (secondary N) is 2. The van der Waals surface area contributed by atoms with Gasteiger partial charge in [0, 0.05) is 12.3 Å². The second-order valence-electron chi connectivity index (χ2n) is 5.16. The molecule has 0 aliphatic heterocycles. The molecule has 1 amide bonds. The third-order valence-electron chi connectivity index (χ3n) is 3.43. The summed E-state index contributed by atoms with van der Waals surface area (Å²) in [6.45, 7) is 1.96. The zero-order valence-electron chi connectivity index (χ0n) is 13.0. The monoisotopic (exact) mass is 314 g/mol. The normalized spacial score (nSPS) is 11.6. The van der Waals surface area contributed by atoms with E-state index < -0.39 is 12.0 Å². The zero-order chi connectivity index (χ0) is 16.8. The molecule has 0 saturated carbocycles. The van der Waals surface area contributed by atoms with Gasteiger partial charge in [-0.25, -0.2) is 0 Å². The van der Waals surface area contributed by atoms with Gasteiger partial charge < -0.3 is 15.0 Å². The summed E-state index contributed by atoms with van der Waals surface area (Å²) in [5.41, 5.74) is 1.91. The highest BCUT2D eigenvalue weighted by molar-refractivity contribution is 5.94. The fraction of sp³-hybridized carbons (Fsp3) is 0.235. The molecule has 6 heteroatoms. The second kappa shape index (κ2) is 7.40. The van der Waals surface area contributed by atoms with E-state index in [4.69, 9.17) is 4.74 Å². The second-order valence-corrected chi connectivity index (χ2v) is 5.16. The molecule has 0 aliphatic rings. The SMILES string of the molecule is COC(=O)C[C@@H](NC(=O)c1ccc(=O)[nH]c1)c1ccc(C)cc1. The van der Waals surface area contributed by atoms with Crippen molar-refractivity contribution < 1.29 is 14.3 Å². The Morgan fingerprint density at radius 2 is 1.87 bits per heavy atom. The highest BCUT2D eigenvalue weighted by Gasteiger charge is 2.19. The molecule has 2 aromatic rings. The summed E-state index contributed by atoms with van der Waals surface area (Å²) in [5, 5.41) is 2.79. The number of benzene rings is 1. The molecule has 0 fully saturated rings. The first-order valence-corrected chi connectivity index (χ1v) is 7.12. The number of pyridine rings is 1. The molecule has 0 radical (unpaired) electrons. The third-order valence-corrected chi connectivity index (χ3v) is 3.43. The van der Waals surface area contributed by atoms with E-state index in [0.29, 0.717) is 5.56 Å². The Labute approximate surface area is 133 Å². The van der Waals surface area contributed by atoms with E-state index in [-0.39, 0.29) is 17.9 Å². The minimum Gasteiger partial charge on any atom is -0.469 e. The predicted molar refractivity (Wildman–Crippen MR) is 85.1 cm³/mol. The standard InChI is InChI=1S/C17H18N2O4/c1-11-3-5-12(6-4-11)14(9-16(21)23-2)19-17(22)13-7-8-15(20)18-10-13/h3-8,10,14H,9H2,1-2H3,(H,18,20)(H,19,22)/t14-/m1/s1. The van der Waals surface area contributed by atoms with Gasteiger partial charge in [-0.05, 0) is 18.6 Å². The molecule has 1 aromatic carbocycles. The van der Waals surface area contributed by atoms with Gasteiger partial charge in [0.1, 0.15) is 0 Å². The lowest BCUT2D eigenvalue weighted by Crippen LogP contribution is -2.30. The van der Waals surface area contributed by atoms with Crippen molar-refractivity contribution in [2.75, 3.05) is 7.11 Å². The van der Waals surface area contributed by atoms with Crippen LogP contribution in [0.5, 0.6) is 0 Å². The summed E-state index contributed by atoms with van der Waals surface area (Å²) in [5.74, 6) is -0.798. The topological polar surface area (TPSA) is 88.3 Å². The van der Waals surface area contributed by atoms with Crippen molar-refractivity contribution in [3.63, 3.8) is 0 Å². The summed E-state index contributed by atoms with van der Waals surface area (Å²) in [4.78, 5) is 37.4. The number of aryl methyl sites for hydroxylation is 1. The van der Waals surface area contributed by atoms with E-state index in [0.717, 1.165) is 11.1 Å². The number of rotatable bonds is 5. The number of hydrogen-bond acceptors (Lipinski definition) is 4. The number of ether oxygens (including phenoxy) is 1. The largest absolute Gasteiger partial charge is 0.469 e. The van der Waals surface area contributed by atoms with Gasteiger partial charge in [-0.3, -0.25) is 14.4 Å². The number of methoxy groups -OCH3 is 1. The summed E-state index contributed by atoms with van der Waals surface area (Å²) < 4.78 is 4.69. The fourth-order valence-corrected chi connectivity index (χ4v) is 2.09. The van der Waals surface area contributed by atoms with Crippen LogP contribution in [0.25, 0.3) is 0 Å². The van der Waals surface area contributed by atoms with Gasteiger partial charge in [0.2, 0.25) is 5.56 Å². The highest BCUT2D eigenvalue weighted by Crippen LogP contribution is 2.19. The highest BCUT2D eigenvalue weighted by atomic mass is 16.5. The van der Waals surface area contributed by atoms with Gasteiger partial charge in [-0.15, -0.1) is 0 Å². The van der Waals surface area contributed by atoms with Crippen LogP contribution in [0.2, 0.25) is 0 Å². The average molecular weight is 314 g/mol. The lowest BCUT2D eigenvalue weighted by Gasteiger charge is -2.18. The fourth-order valence-electron chi connectivity index (χ4n) is 2.09. The van der Waals surface area contributed by atoms with E-state index in [1.807, 2.05) is 31.2 Å². The maximum absolute atomic E-state index is 12.3. The molecule has 2 N–H and O–H groups in total. The number of H-pyrrole nitrogens is 1. The molecule has 0 spiro atoms. The van der Waals surface area contributed by atoms with Crippen molar-refractivity contribution in [2.45, 2.75) is 19.4 Å². The van der Waals surface area contributed by atoms with Crippen LogP contribution in [-0.2, 0) is 9.53 Å². The average Bonchev–Trinajstić information content (AvgIpc) is 2.55. The Morgan fingerprint density at radius 3 is 2.43 bits per heavy atom. The van der Waals surface area contributed by atoms with Crippen LogP contribution in [0, 0.1) is 6.92 Å². The number of esters is 1. The first-order valence-electron chi connectivity index (χ1n) is 7.12. The van der Waals surface area contributed by atoms with Crippen molar-refractivity contribution in [2.24, 2.45) is 0 Å². The molecule has 0 bridgehead atoms. The Balaban J connectivity index is 2.21. The molecule has 0 saturated heterocycles. The molecule has 1 aromatic heterocycles. The molecular weight excluding hydrogens is 296 g/mol. The van der Waals surface area contributed by atoms with Gasteiger partial charge in [0.25, 0.3) is 5.91 Å². The summed E-state index contributed by atoms with van der Waals surface area (Å²) in [6.07, 6.45) is 1.36. The van der Waals surface area contributed by atoms with Crippen molar-refractivity contribution in [1.82, 2.24) is 10.3 Å². The van der Waals surface area contributed by atoms with Crippen LogP contribution in [0.3, 0.4) is 0 Å². The molecule has 23 heavy (non-hydrogen) atoms. The summed E-state index contributed by atoms with van der Waals surface area (Å²) in [7, 11) is 1.30. The first kappa shape index (κ1) is 16.5. The van der Waals surface area contributed by atoms with Crippen LogP contribution in [0.4, 0.5) is 0 Å². The van der Waals surface area contributed by atoms with Gasteiger partial charge in [-0.2, -0.15) is 0 Å².